The smallest absolute Gasteiger partial charge is 0.123 e. The van der Waals surface area contributed by atoms with Crippen LogP contribution in [-0.2, 0) is 6.42 Å². The van der Waals surface area contributed by atoms with Gasteiger partial charge in [0.15, 0.2) is 0 Å². The summed E-state index contributed by atoms with van der Waals surface area (Å²) in [5.41, 5.74) is 2.86. The molecule has 1 aliphatic rings. The highest BCUT2D eigenvalue weighted by Crippen LogP contribution is 2.43. The maximum atomic E-state index is 13.3. The van der Waals surface area contributed by atoms with Gasteiger partial charge in [-0.05, 0) is 86.2 Å². The van der Waals surface area contributed by atoms with Gasteiger partial charge in [0, 0.05) is 0 Å². The Morgan fingerprint density at radius 1 is 1.29 bits per heavy atom. The van der Waals surface area contributed by atoms with Gasteiger partial charge in [0.1, 0.15) is 5.82 Å². The van der Waals surface area contributed by atoms with Gasteiger partial charge in [-0.1, -0.05) is 26.8 Å². The van der Waals surface area contributed by atoms with E-state index in [1.165, 1.54) is 24.8 Å². The number of rotatable bonds is 5. The number of benzene rings is 1. The van der Waals surface area contributed by atoms with E-state index < -0.39 is 0 Å². The molecule has 118 valence electrons. The highest BCUT2D eigenvalue weighted by atomic mass is 19.1. The summed E-state index contributed by atoms with van der Waals surface area (Å²) in [5, 5.41) is 3.52. The summed E-state index contributed by atoms with van der Waals surface area (Å²) in [6.07, 6.45) is 5.00. The van der Waals surface area contributed by atoms with Gasteiger partial charge in [-0.15, -0.1) is 0 Å². The molecular weight excluding hydrogens is 261 g/mol. The van der Waals surface area contributed by atoms with E-state index in [2.05, 4.69) is 26.1 Å². The molecular formula is C19H30FN. The average Bonchev–Trinajstić information content (AvgIpc) is 2.40. The van der Waals surface area contributed by atoms with E-state index in [4.69, 9.17) is 0 Å². The Balaban J connectivity index is 2.11. The Kier molecular flexibility index (Phi) is 5.43. The van der Waals surface area contributed by atoms with E-state index in [0.29, 0.717) is 11.3 Å². The second-order valence-electron chi connectivity index (χ2n) is 7.51. The van der Waals surface area contributed by atoms with Crippen molar-refractivity contribution < 1.29 is 4.39 Å². The van der Waals surface area contributed by atoms with Crippen LogP contribution in [0.4, 0.5) is 4.39 Å². The quantitative estimate of drug-likeness (QED) is 0.827. The van der Waals surface area contributed by atoms with Crippen molar-refractivity contribution in [2.45, 2.75) is 53.4 Å². The molecule has 0 saturated heterocycles. The van der Waals surface area contributed by atoms with Crippen molar-refractivity contribution >= 4 is 0 Å². The molecule has 0 aliphatic heterocycles. The predicted molar refractivity (Wildman–Crippen MR) is 88.0 cm³/mol. The maximum absolute atomic E-state index is 13.3. The molecule has 0 radical (unpaired) electrons. The molecule has 2 heteroatoms. The van der Waals surface area contributed by atoms with E-state index in [1.807, 2.05) is 13.0 Å². The summed E-state index contributed by atoms with van der Waals surface area (Å²) in [7, 11) is 0. The van der Waals surface area contributed by atoms with Crippen molar-refractivity contribution in [3.63, 3.8) is 0 Å². The molecule has 1 aromatic rings. The maximum Gasteiger partial charge on any atom is 0.123 e. The summed E-state index contributed by atoms with van der Waals surface area (Å²) < 4.78 is 13.3. The molecule has 2 unspecified atom stereocenters. The number of nitrogens with one attached hydrogen (secondary N) is 1. The fraction of sp³-hybridized carbons (Fsp3) is 0.684. The third-order valence-corrected chi connectivity index (χ3v) is 5.12. The van der Waals surface area contributed by atoms with Crippen molar-refractivity contribution in [3.05, 3.63) is 35.1 Å². The van der Waals surface area contributed by atoms with Crippen molar-refractivity contribution in [2.75, 3.05) is 13.1 Å². The van der Waals surface area contributed by atoms with Crippen molar-refractivity contribution in [3.8, 4) is 0 Å². The van der Waals surface area contributed by atoms with Gasteiger partial charge in [-0.3, -0.25) is 0 Å². The SMILES string of the molecule is CCNCC1CCC(C)(C)CC1Cc1ccc(F)cc1C. The highest BCUT2D eigenvalue weighted by Gasteiger charge is 2.34. The molecule has 2 atom stereocenters. The number of aryl methyl sites for hydroxylation is 1. The summed E-state index contributed by atoms with van der Waals surface area (Å²) >= 11 is 0. The van der Waals surface area contributed by atoms with Gasteiger partial charge in [-0.25, -0.2) is 4.39 Å². The van der Waals surface area contributed by atoms with E-state index in [-0.39, 0.29) is 5.82 Å². The fourth-order valence-corrected chi connectivity index (χ4v) is 3.80. The molecule has 1 aromatic carbocycles. The molecule has 0 amide bonds. The van der Waals surface area contributed by atoms with Crippen LogP contribution in [0.25, 0.3) is 0 Å². The summed E-state index contributed by atoms with van der Waals surface area (Å²) in [6, 6.07) is 5.26. The number of hydrogen-bond donors (Lipinski definition) is 1. The van der Waals surface area contributed by atoms with Crippen LogP contribution in [0.15, 0.2) is 18.2 Å². The third kappa shape index (κ3) is 4.54. The summed E-state index contributed by atoms with van der Waals surface area (Å²) in [5.74, 6) is 1.34. The monoisotopic (exact) mass is 291 g/mol. The van der Waals surface area contributed by atoms with Gasteiger partial charge in [0.2, 0.25) is 0 Å². The number of halogens is 1. The standard InChI is InChI=1S/C19H30FN/c1-5-21-13-16-8-9-19(3,4)12-17(16)11-15-6-7-18(20)10-14(15)2/h6-7,10,16-17,21H,5,8-9,11-13H2,1-4H3. The molecule has 1 aliphatic carbocycles. The van der Waals surface area contributed by atoms with E-state index in [1.54, 1.807) is 12.1 Å². The van der Waals surface area contributed by atoms with Crippen LogP contribution in [0.1, 0.15) is 51.2 Å². The molecule has 1 fully saturated rings. The van der Waals surface area contributed by atoms with E-state index >= 15 is 0 Å². The Morgan fingerprint density at radius 3 is 2.71 bits per heavy atom. The first kappa shape index (κ1) is 16.5. The van der Waals surface area contributed by atoms with Gasteiger partial charge < -0.3 is 5.32 Å². The average molecular weight is 291 g/mol. The van der Waals surface area contributed by atoms with Crippen LogP contribution < -0.4 is 5.32 Å². The van der Waals surface area contributed by atoms with Gasteiger partial charge >= 0.3 is 0 Å². The van der Waals surface area contributed by atoms with Crippen molar-refractivity contribution in [2.24, 2.45) is 17.3 Å². The van der Waals surface area contributed by atoms with Crippen LogP contribution in [-0.4, -0.2) is 13.1 Å². The fourth-order valence-electron chi connectivity index (χ4n) is 3.80. The lowest BCUT2D eigenvalue weighted by Crippen LogP contribution is -2.37. The predicted octanol–water partition coefficient (Wildman–Crippen LogP) is 4.73. The van der Waals surface area contributed by atoms with Gasteiger partial charge in [0.05, 0.1) is 0 Å². The second-order valence-corrected chi connectivity index (χ2v) is 7.51. The van der Waals surface area contributed by atoms with E-state index in [9.17, 15) is 4.39 Å². The minimum atomic E-state index is -0.121. The Bertz CT molecular complexity index is 467. The summed E-state index contributed by atoms with van der Waals surface area (Å²) in [6.45, 7) is 11.2. The first-order chi connectivity index (χ1) is 9.91. The van der Waals surface area contributed by atoms with Gasteiger partial charge in [0.25, 0.3) is 0 Å². The van der Waals surface area contributed by atoms with Gasteiger partial charge in [-0.2, -0.15) is 0 Å². The molecule has 0 bridgehead atoms. The zero-order chi connectivity index (χ0) is 15.5. The lowest BCUT2D eigenvalue weighted by Gasteiger charge is -2.41. The molecule has 1 N–H and O–H groups in total. The normalized spacial score (nSPS) is 25.0. The van der Waals surface area contributed by atoms with Crippen LogP contribution >= 0.6 is 0 Å². The summed E-state index contributed by atoms with van der Waals surface area (Å²) in [4.78, 5) is 0. The molecule has 21 heavy (non-hydrogen) atoms. The Labute approximate surface area is 129 Å². The first-order valence-electron chi connectivity index (χ1n) is 8.37. The Hall–Kier alpha value is -0.890. The van der Waals surface area contributed by atoms with Crippen molar-refractivity contribution in [1.82, 2.24) is 5.32 Å². The Morgan fingerprint density at radius 2 is 2.05 bits per heavy atom. The molecule has 0 spiro atoms. The van der Waals surface area contributed by atoms with E-state index in [0.717, 1.165) is 31.0 Å². The molecule has 0 aromatic heterocycles. The minimum absolute atomic E-state index is 0.121. The first-order valence-corrected chi connectivity index (χ1v) is 8.37. The molecule has 1 nitrogen and oxygen atoms in total. The minimum Gasteiger partial charge on any atom is -0.317 e. The lowest BCUT2D eigenvalue weighted by molar-refractivity contribution is 0.116. The largest absolute Gasteiger partial charge is 0.317 e. The van der Waals surface area contributed by atoms with Crippen LogP contribution in [0, 0.1) is 30.0 Å². The third-order valence-electron chi connectivity index (χ3n) is 5.12. The zero-order valence-corrected chi connectivity index (χ0v) is 14.0. The molecule has 1 saturated carbocycles. The molecule has 0 heterocycles. The lowest BCUT2D eigenvalue weighted by atomic mass is 9.65. The van der Waals surface area contributed by atoms with Crippen molar-refractivity contribution in [1.29, 1.82) is 0 Å². The highest BCUT2D eigenvalue weighted by molar-refractivity contribution is 5.27. The zero-order valence-electron chi connectivity index (χ0n) is 14.0. The molecule has 2 rings (SSSR count). The van der Waals surface area contributed by atoms with Crippen LogP contribution in [0.5, 0.6) is 0 Å². The van der Waals surface area contributed by atoms with Crippen LogP contribution in [0.2, 0.25) is 0 Å². The number of hydrogen-bond acceptors (Lipinski definition) is 1. The second kappa shape index (κ2) is 6.91. The van der Waals surface area contributed by atoms with Crippen LogP contribution in [0.3, 0.4) is 0 Å². The topological polar surface area (TPSA) is 12.0 Å².